The lowest BCUT2D eigenvalue weighted by molar-refractivity contribution is -0.133. The Bertz CT molecular complexity index is 610. The van der Waals surface area contributed by atoms with Gasteiger partial charge in [0.15, 0.2) is 5.13 Å². The standard InChI is InChI=1S/C17H25N3O3S2/c1-11-5-7-13(8-6-11)20(12-3-2-4-12)17(23)19-16-18-9-15(25-16)24-10-14(21)22/h9,11-13H,2-8,10H2,1H3,(H,21,22)(H,18,19,23)/t11-,13-. The largest absolute Gasteiger partial charge is 0.481 e. The van der Waals surface area contributed by atoms with Gasteiger partial charge in [-0.25, -0.2) is 9.78 Å². The van der Waals surface area contributed by atoms with E-state index in [1.165, 1.54) is 42.4 Å². The van der Waals surface area contributed by atoms with Crippen molar-refractivity contribution < 1.29 is 14.7 Å². The van der Waals surface area contributed by atoms with Crippen LogP contribution in [0.2, 0.25) is 0 Å². The molecule has 8 heteroatoms. The van der Waals surface area contributed by atoms with Gasteiger partial charge in [-0.2, -0.15) is 0 Å². The van der Waals surface area contributed by atoms with Gasteiger partial charge >= 0.3 is 12.0 Å². The second kappa shape index (κ2) is 8.40. The molecule has 1 heterocycles. The number of carbonyl (C=O) groups excluding carboxylic acids is 1. The van der Waals surface area contributed by atoms with E-state index >= 15 is 0 Å². The highest BCUT2D eigenvalue weighted by molar-refractivity contribution is 8.01. The maximum atomic E-state index is 12.9. The number of rotatable bonds is 6. The molecule has 0 aromatic carbocycles. The molecule has 0 bridgehead atoms. The number of urea groups is 1. The summed E-state index contributed by atoms with van der Waals surface area (Å²) in [6, 6.07) is 0.648. The maximum absolute atomic E-state index is 12.9. The highest BCUT2D eigenvalue weighted by Crippen LogP contribution is 2.35. The molecule has 1 aromatic heterocycles. The van der Waals surface area contributed by atoms with E-state index in [0.29, 0.717) is 17.2 Å². The van der Waals surface area contributed by atoms with Crippen LogP contribution in [-0.4, -0.2) is 44.8 Å². The van der Waals surface area contributed by atoms with Crippen molar-refractivity contribution in [3.05, 3.63) is 6.20 Å². The molecule has 2 N–H and O–H groups in total. The summed E-state index contributed by atoms with van der Waals surface area (Å²) in [5.41, 5.74) is 0. The van der Waals surface area contributed by atoms with Crippen molar-refractivity contribution in [2.75, 3.05) is 11.1 Å². The third kappa shape index (κ3) is 4.88. The molecule has 1 aromatic rings. The van der Waals surface area contributed by atoms with Gasteiger partial charge in [0.05, 0.1) is 16.2 Å². The molecular weight excluding hydrogens is 358 g/mol. The molecule has 0 spiro atoms. The van der Waals surface area contributed by atoms with Crippen molar-refractivity contribution >= 4 is 40.2 Å². The lowest BCUT2D eigenvalue weighted by Crippen LogP contribution is -2.52. The lowest BCUT2D eigenvalue weighted by atomic mass is 9.83. The molecule has 0 unspecified atom stereocenters. The van der Waals surface area contributed by atoms with Gasteiger partial charge in [0.2, 0.25) is 0 Å². The Balaban J connectivity index is 1.61. The molecule has 0 atom stereocenters. The smallest absolute Gasteiger partial charge is 0.324 e. The number of aromatic nitrogens is 1. The Hall–Kier alpha value is -1.28. The minimum atomic E-state index is -0.855. The monoisotopic (exact) mass is 383 g/mol. The number of anilines is 1. The Morgan fingerprint density at radius 2 is 1.96 bits per heavy atom. The van der Waals surface area contributed by atoms with Gasteiger partial charge in [-0.15, -0.1) is 11.8 Å². The first kappa shape index (κ1) is 18.5. The van der Waals surface area contributed by atoms with Crippen molar-refractivity contribution in [1.82, 2.24) is 9.88 Å². The van der Waals surface area contributed by atoms with Crippen molar-refractivity contribution in [3.8, 4) is 0 Å². The van der Waals surface area contributed by atoms with E-state index in [0.717, 1.165) is 35.8 Å². The van der Waals surface area contributed by atoms with E-state index < -0.39 is 5.97 Å². The quantitative estimate of drug-likeness (QED) is 0.716. The van der Waals surface area contributed by atoms with E-state index in [4.69, 9.17) is 5.11 Å². The van der Waals surface area contributed by atoms with Crippen molar-refractivity contribution in [2.45, 2.75) is 68.2 Å². The molecule has 3 rings (SSSR count). The molecule has 0 radical (unpaired) electrons. The van der Waals surface area contributed by atoms with Gasteiger partial charge in [0, 0.05) is 12.1 Å². The molecule has 2 saturated carbocycles. The Morgan fingerprint density at radius 3 is 2.56 bits per heavy atom. The number of hydrogen-bond acceptors (Lipinski definition) is 5. The number of carbonyl (C=O) groups is 2. The average Bonchev–Trinajstić information content (AvgIpc) is 2.97. The predicted molar refractivity (Wildman–Crippen MR) is 100 cm³/mol. The normalized spacial score (nSPS) is 23.7. The van der Waals surface area contributed by atoms with Crippen LogP contribution < -0.4 is 5.32 Å². The minimum Gasteiger partial charge on any atom is -0.481 e. The number of carboxylic acid groups (broad SMARTS) is 1. The summed E-state index contributed by atoms with van der Waals surface area (Å²) in [5, 5.41) is 12.2. The van der Waals surface area contributed by atoms with Crippen LogP contribution in [0.5, 0.6) is 0 Å². The molecule has 6 nitrogen and oxygen atoms in total. The lowest BCUT2D eigenvalue weighted by Gasteiger charge is -2.44. The number of hydrogen-bond donors (Lipinski definition) is 2. The Kier molecular flexibility index (Phi) is 6.22. The second-order valence-corrected chi connectivity index (χ2v) is 9.31. The fourth-order valence-electron chi connectivity index (χ4n) is 3.49. The van der Waals surface area contributed by atoms with E-state index in [1.54, 1.807) is 6.20 Å². The molecule has 2 amide bonds. The number of amides is 2. The SMILES string of the molecule is C[C@H]1CC[C@H](N(C(=O)Nc2ncc(SCC(=O)O)s2)C2CCC2)CC1. The predicted octanol–water partition coefficient (Wildman–Crippen LogP) is 4.28. The molecule has 0 aliphatic heterocycles. The van der Waals surface area contributed by atoms with Gasteiger partial charge in [-0.3, -0.25) is 10.1 Å². The summed E-state index contributed by atoms with van der Waals surface area (Å²) in [6.07, 6.45) is 9.57. The molecular formula is C17H25N3O3S2. The molecule has 2 aliphatic carbocycles. The first-order chi connectivity index (χ1) is 12.0. The summed E-state index contributed by atoms with van der Waals surface area (Å²) < 4.78 is 0.805. The van der Waals surface area contributed by atoms with Crippen molar-refractivity contribution in [1.29, 1.82) is 0 Å². The molecule has 0 saturated heterocycles. The van der Waals surface area contributed by atoms with Crippen LogP contribution in [0.4, 0.5) is 9.93 Å². The first-order valence-corrected chi connectivity index (χ1v) is 10.7. The zero-order chi connectivity index (χ0) is 17.8. The van der Waals surface area contributed by atoms with Crippen LogP contribution in [0.3, 0.4) is 0 Å². The molecule has 2 fully saturated rings. The van der Waals surface area contributed by atoms with Gasteiger partial charge in [-0.1, -0.05) is 18.3 Å². The second-order valence-electron chi connectivity index (χ2n) is 7.00. The van der Waals surface area contributed by atoms with Gasteiger partial charge in [0.1, 0.15) is 0 Å². The van der Waals surface area contributed by atoms with Crippen molar-refractivity contribution in [2.24, 2.45) is 5.92 Å². The summed E-state index contributed by atoms with van der Waals surface area (Å²) >= 11 is 2.56. The molecule has 25 heavy (non-hydrogen) atoms. The topological polar surface area (TPSA) is 82.5 Å². The van der Waals surface area contributed by atoms with Gasteiger partial charge in [0.25, 0.3) is 0 Å². The van der Waals surface area contributed by atoms with Crippen LogP contribution in [0.1, 0.15) is 51.9 Å². The fourth-order valence-corrected chi connectivity index (χ4v) is 5.07. The van der Waals surface area contributed by atoms with E-state index in [1.807, 2.05) is 0 Å². The number of nitrogens with one attached hydrogen (secondary N) is 1. The third-order valence-electron chi connectivity index (χ3n) is 5.12. The van der Waals surface area contributed by atoms with Crippen LogP contribution in [0.15, 0.2) is 10.4 Å². The number of nitrogens with zero attached hydrogens (tertiary/aromatic N) is 2. The van der Waals surface area contributed by atoms with E-state index in [9.17, 15) is 9.59 Å². The number of carboxylic acids is 1. The van der Waals surface area contributed by atoms with Gasteiger partial charge < -0.3 is 10.0 Å². The summed E-state index contributed by atoms with van der Waals surface area (Å²) in [6.45, 7) is 2.29. The number of thioether (sulfide) groups is 1. The Labute approximate surface area is 156 Å². The number of aliphatic carboxylic acids is 1. The summed E-state index contributed by atoms with van der Waals surface area (Å²) in [7, 11) is 0. The van der Waals surface area contributed by atoms with Crippen LogP contribution >= 0.6 is 23.1 Å². The van der Waals surface area contributed by atoms with Crippen molar-refractivity contribution in [3.63, 3.8) is 0 Å². The first-order valence-electron chi connectivity index (χ1n) is 8.92. The molecule has 138 valence electrons. The highest BCUT2D eigenvalue weighted by Gasteiger charge is 2.36. The van der Waals surface area contributed by atoms with Crippen LogP contribution in [-0.2, 0) is 4.79 Å². The highest BCUT2D eigenvalue weighted by atomic mass is 32.2. The maximum Gasteiger partial charge on any atom is 0.324 e. The number of thiazole rings is 1. The minimum absolute atomic E-state index is 0.00401. The van der Waals surface area contributed by atoms with Crippen LogP contribution in [0.25, 0.3) is 0 Å². The average molecular weight is 384 g/mol. The summed E-state index contributed by atoms with van der Waals surface area (Å²) in [4.78, 5) is 29.8. The summed E-state index contributed by atoms with van der Waals surface area (Å²) in [5.74, 6) is -0.0914. The third-order valence-corrected chi connectivity index (χ3v) is 7.21. The zero-order valence-electron chi connectivity index (χ0n) is 14.4. The zero-order valence-corrected chi connectivity index (χ0v) is 16.1. The van der Waals surface area contributed by atoms with Crippen LogP contribution in [0, 0.1) is 5.92 Å². The Morgan fingerprint density at radius 1 is 1.28 bits per heavy atom. The molecule has 2 aliphatic rings. The van der Waals surface area contributed by atoms with Gasteiger partial charge in [-0.05, 0) is 50.9 Å². The van der Waals surface area contributed by atoms with E-state index in [2.05, 4.69) is 22.1 Å². The van der Waals surface area contributed by atoms with E-state index in [-0.39, 0.29) is 11.8 Å². The fraction of sp³-hybridized carbons (Fsp3) is 0.706.